The van der Waals surface area contributed by atoms with Crippen molar-refractivity contribution in [2.75, 3.05) is 6.54 Å². The van der Waals surface area contributed by atoms with E-state index in [1.807, 2.05) is 42.5 Å². The molecule has 3 aromatic carbocycles. The molecule has 1 unspecified atom stereocenters. The lowest BCUT2D eigenvalue weighted by Gasteiger charge is -2.25. The summed E-state index contributed by atoms with van der Waals surface area (Å²) in [4.78, 5) is 12.7. The Morgan fingerprint density at radius 2 is 1.86 bits per heavy atom. The van der Waals surface area contributed by atoms with Gasteiger partial charge >= 0.3 is 0 Å². The molecule has 0 bridgehead atoms. The Morgan fingerprint density at radius 3 is 2.79 bits per heavy atom. The average Bonchev–Trinajstić information content (AvgIpc) is 3.26. The van der Waals surface area contributed by atoms with Gasteiger partial charge in [0.2, 0.25) is 5.91 Å². The fourth-order valence-corrected chi connectivity index (χ4v) is 3.90. The Balaban J connectivity index is 1.29. The first-order valence-electron chi connectivity index (χ1n) is 9.79. The first kappa shape index (κ1) is 17.6. The molecule has 0 saturated carbocycles. The van der Waals surface area contributed by atoms with Crippen LogP contribution < -0.4 is 10.6 Å². The predicted octanol–water partition coefficient (Wildman–Crippen LogP) is 4.00. The molecule has 0 aliphatic carbocycles. The van der Waals surface area contributed by atoms with Gasteiger partial charge in [-0.25, -0.2) is 0 Å². The Hall–Kier alpha value is -3.44. The number of carbonyl (C=O) groups is 1. The number of nitrogens with zero attached hydrogens (tertiary/aromatic N) is 1. The lowest BCUT2D eigenvalue weighted by atomic mass is 9.90. The number of benzene rings is 3. The summed E-state index contributed by atoms with van der Waals surface area (Å²) in [6, 6.07) is 24.4. The van der Waals surface area contributed by atoms with Gasteiger partial charge in [-0.1, -0.05) is 65.8 Å². The van der Waals surface area contributed by atoms with Crippen LogP contribution in [0.3, 0.4) is 0 Å². The average molecular weight is 383 g/mol. The van der Waals surface area contributed by atoms with Crippen LogP contribution in [0.2, 0.25) is 0 Å². The van der Waals surface area contributed by atoms with Gasteiger partial charge in [-0.05, 0) is 28.0 Å². The maximum absolute atomic E-state index is 12.7. The van der Waals surface area contributed by atoms with Crippen molar-refractivity contribution in [1.29, 1.82) is 0 Å². The summed E-state index contributed by atoms with van der Waals surface area (Å²) in [7, 11) is 0. The molecule has 144 valence electrons. The van der Waals surface area contributed by atoms with Crippen molar-refractivity contribution in [2.24, 2.45) is 0 Å². The third kappa shape index (κ3) is 3.52. The Bertz CT molecular complexity index is 1180. The van der Waals surface area contributed by atoms with Crippen LogP contribution in [-0.2, 0) is 17.9 Å². The van der Waals surface area contributed by atoms with Crippen LogP contribution in [0.15, 0.2) is 77.3 Å². The molecule has 2 heterocycles. The van der Waals surface area contributed by atoms with Gasteiger partial charge in [0.1, 0.15) is 5.69 Å². The second-order valence-corrected chi connectivity index (χ2v) is 7.34. The van der Waals surface area contributed by atoms with Crippen molar-refractivity contribution < 1.29 is 9.32 Å². The van der Waals surface area contributed by atoms with E-state index in [9.17, 15) is 4.79 Å². The lowest BCUT2D eigenvalue weighted by Crippen LogP contribution is -2.38. The second-order valence-electron chi connectivity index (χ2n) is 7.34. The van der Waals surface area contributed by atoms with E-state index in [4.69, 9.17) is 4.52 Å². The van der Waals surface area contributed by atoms with Crippen LogP contribution in [0.5, 0.6) is 0 Å². The zero-order valence-corrected chi connectivity index (χ0v) is 15.9. The molecule has 5 nitrogen and oxygen atoms in total. The smallest absolute Gasteiger partial charge is 0.229 e. The van der Waals surface area contributed by atoms with Crippen LogP contribution >= 0.6 is 0 Å². The Labute approximate surface area is 168 Å². The third-order valence-corrected chi connectivity index (χ3v) is 5.45. The predicted molar refractivity (Wildman–Crippen MR) is 112 cm³/mol. The summed E-state index contributed by atoms with van der Waals surface area (Å²) in [5.41, 5.74) is 3.96. The summed E-state index contributed by atoms with van der Waals surface area (Å²) >= 11 is 0. The van der Waals surface area contributed by atoms with Crippen LogP contribution in [0.1, 0.15) is 22.7 Å². The highest BCUT2D eigenvalue weighted by atomic mass is 16.5. The molecule has 1 aliphatic rings. The summed E-state index contributed by atoms with van der Waals surface area (Å²) in [6.07, 6.45) is 0. The number of aromatic nitrogens is 1. The Kier molecular flexibility index (Phi) is 4.58. The number of hydrogen-bond acceptors (Lipinski definition) is 4. The van der Waals surface area contributed by atoms with E-state index >= 15 is 0 Å². The topological polar surface area (TPSA) is 67.2 Å². The lowest BCUT2D eigenvalue weighted by molar-refractivity contribution is -0.122. The minimum Gasteiger partial charge on any atom is -0.356 e. The molecule has 5 heteroatoms. The summed E-state index contributed by atoms with van der Waals surface area (Å²) < 4.78 is 5.52. The largest absolute Gasteiger partial charge is 0.356 e. The molecule has 1 aliphatic heterocycles. The molecule has 1 aromatic heterocycles. The fraction of sp³-hybridized carbons (Fsp3) is 0.167. The van der Waals surface area contributed by atoms with Crippen molar-refractivity contribution >= 4 is 16.7 Å². The quantitative estimate of drug-likeness (QED) is 0.559. The van der Waals surface area contributed by atoms with Crippen LogP contribution in [0.25, 0.3) is 22.1 Å². The van der Waals surface area contributed by atoms with E-state index in [1.54, 1.807) is 0 Å². The summed E-state index contributed by atoms with van der Waals surface area (Å²) in [6.45, 7) is 1.79. The molecule has 1 amide bonds. The number of amides is 1. The molecule has 5 rings (SSSR count). The van der Waals surface area contributed by atoms with Gasteiger partial charge in [0.25, 0.3) is 0 Å². The van der Waals surface area contributed by atoms with E-state index in [1.165, 1.54) is 10.9 Å². The maximum atomic E-state index is 12.7. The van der Waals surface area contributed by atoms with Gasteiger partial charge in [-0.3, -0.25) is 4.79 Å². The van der Waals surface area contributed by atoms with Gasteiger partial charge in [0.05, 0.1) is 12.5 Å². The van der Waals surface area contributed by atoms with Crippen molar-refractivity contribution in [3.63, 3.8) is 0 Å². The molecular formula is C24H21N3O2. The van der Waals surface area contributed by atoms with E-state index in [0.717, 1.165) is 23.1 Å². The standard InChI is InChI=1S/C24H21N3O2/c28-24(22-15-25-13-19-7-3-4-8-21(19)22)26-14-20-12-23(29-27-20)18-10-9-16-5-1-2-6-17(16)11-18/h1-12,22,25H,13-15H2,(H,26,28). The van der Waals surface area contributed by atoms with E-state index in [2.05, 4.69) is 46.1 Å². The molecule has 0 spiro atoms. The summed E-state index contributed by atoms with van der Waals surface area (Å²) in [5.74, 6) is 0.511. The van der Waals surface area contributed by atoms with Crippen molar-refractivity contribution in [2.45, 2.75) is 19.0 Å². The van der Waals surface area contributed by atoms with Gasteiger partial charge in [-0.2, -0.15) is 0 Å². The molecule has 1 atom stereocenters. The molecule has 4 aromatic rings. The van der Waals surface area contributed by atoms with Crippen LogP contribution in [0, 0.1) is 0 Å². The molecule has 29 heavy (non-hydrogen) atoms. The highest BCUT2D eigenvalue weighted by Crippen LogP contribution is 2.26. The molecule has 0 radical (unpaired) electrons. The maximum Gasteiger partial charge on any atom is 0.229 e. The van der Waals surface area contributed by atoms with Crippen LogP contribution in [-0.4, -0.2) is 17.6 Å². The normalized spacial score (nSPS) is 15.8. The van der Waals surface area contributed by atoms with Crippen molar-refractivity contribution in [3.8, 4) is 11.3 Å². The molecule has 2 N–H and O–H groups in total. The molecular weight excluding hydrogens is 362 g/mol. The fourth-order valence-electron chi connectivity index (χ4n) is 3.90. The van der Waals surface area contributed by atoms with E-state index in [-0.39, 0.29) is 11.8 Å². The monoisotopic (exact) mass is 383 g/mol. The van der Waals surface area contributed by atoms with Crippen molar-refractivity contribution in [1.82, 2.24) is 15.8 Å². The zero-order valence-electron chi connectivity index (χ0n) is 15.9. The molecule has 0 fully saturated rings. The third-order valence-electron chi connectivity index (χ3n) is 5.45. The zero-order chi connectivity index (χ0) is 19.6. The van der Waals surface area contributed by atoms with Gasteiger partial charge < -0.3 is 15.2 Å². The first-order valence-corrected chi connectivity index (χ1v) is 9.79. The SMILES string of the molecule is O=C(NCc1cc(-c2ccc3ccccc3c2)on1)C1CNCc2ccccc21. The highest BCUT2D eigenvalue weighted by molar-refractivity contribution is 5.86. The van der Waals surface area contributed by atoms with E-state index in [0.29, 0.717) is 24.5 Å². The number of hydrogen-bond donors (Lipinski definition) is 2. The second kappa shape index (κ2) is 7.53. The van der Waals surface area contributed by atoms with Gasteiger partial charge in [0.15, 0.2) is 5.76 Å². The van der Waals surface area contributed by atoms with Crippen LogP contribution in [0.4, 0.5) is 0 Å². The van der Waals surface area contributed by atoms with Gasteiger partial charge in [-0.15, -0.1) is 0 Å². The summed E-state index contributed by atoms with van der Waals surface area (Å²) in [5, 5.41) is 12.8. The van der Waals surface area contributed by atoms with Crippen molar-refractivity contribution in [3.05, 3.63) is 89.6 Å². The van der Waals surface area contributed by atoms with E-state index < -0.39 is 0 Å². The number of fused-ring (bicyclic) bond motifs is 2. The molecule has 0 saturated heterocycles. The highest BCUT2D eigenvalue weighted by Gasteiger charge is 2.25. The number of nitrogens with one attached hydrogen (secondary N) is 2. The number of carbonyl (C=O) groups excluding carboxylic acids is 1. The first-order chi connectivity index (χ1) is 14.3. The van der Waals surface area contributed by atoms with Gasteiger partial charge in [0, 0.05) is 24.7 Å². The Morgan fingerprint density at radius 1 is 1.03 bits per heavy atom. The number of rotatable bonds is 4. The minimum atomic E-state index is -0.188. The minimum absolute atomic E-state index is 0.0000878.